The van der Waals surface area contributed by atoms with Gasteiger partial charge in [-0.3, -0.25) is 0 Å². The molecule has 0 amide bonds. The minimum absolute atomic E-state index is 0.0979. The highest BCUT2D eigenvalue weighted by Gasteiger charge is 2.51. The largest absolute Gasteiger partial charge is 0.417 e. The lowest BCUT2D eigenvalue weighted by Gasteiger charge is -2.08. The van der Waals surface area contributed by atoms with Crippen LogP contribution in [-0.2, 0) is 6.18 Å². The van der Waals surface area contributed by atoms with Crippen LogP contribution in [0, 0.1) is 0 Å². The predicted molar refractivity (Wildman–Crippen MR) is 79.3 cm³/mol. The third kappa shape index (κ3) is 2.98. The Morgan fingerprint density at radius 1 is 1.33 bits per heavy atom. The second-order valence-electron chi connectivity index (χ2n) is 4.76. The molecular formula is C12H7Br2ClF3N3. The number of nitrogens with zero attached hydrogens (tertiary/aromatic N) is 3. The van der Waals surface area contributed by atoms with Crippen molar-refractivity contribution in [2.24, 2.45) is 0 Å². The van der Waals surface area contributed by atoms with Crippen molar-refractivity contribution in [3.05, 3.63) is 40.8 Å². The molecule has 9 heteroatoms. The maximum atomic E-state index is 12.6. The van der Waals surface area contributed by atoms with E-state index in [-0.39, 0.29) is 20.0 Å². The molecular weight excluding hydrogens is 438 g/mol. The van der Waals surface area contributed by atoms with Crippen LogP contribution in [0.15, 0.2) is 24.7 Å². The van der Waals surface area contributed by atoms with E-state index >= 15 is 0 Å². The SMILES string of the molecule is FC(F)(F)c1cnc(-n2cc(C3CC3(Br)Br)cn2)c(Cl)c1. The minimum atomic E-state index is -4.47. The number of halogens is 6. The molecule has 3 rings (SSSR count). The molecule has 2 heterocycles. The van der Waals surface area contributed by atoms with Crippen LogP contribution in [0.2, 0.25) is 5.02 Å². The van der Waals surface area contributed by atoms with E-state index in [2.05, 4.69) is 41.9 Å². The summed E-state index contributed by atoms with van der Waals surface area (Å²) in [6.45, 7) is 0. The minimum Gasteiger partial charge on any atom is -0.235 e. The lowest BCUT2D eigenvalue weighted by molar-refractivity contribution is -0.137. The standard InChI is InChI=1S/C12H7Br2ClF3N3/c13-11(14)2-8(11)6-3-20-21(5-6)10-9(15)1-7(4-19-10)12(16,17)18/h1,3-5,8H,2H2. The summed E-state index contributed by atoms with van der Waals surface area (Å²) in [5.41, 5.74) is 0.0762. The smallest absolute Gasteiger partial charge is 0.235 e. The van der Waals surface area contributed by atoms with Crippen LogP contribution < -0.4 is 0 Å². The molecule has 112 valence electrons. The van der Waals surface area contributed by atoms with Gasteiger partial charge in [-0.15, -0.1) is 0 Å². The van der Waals surface area contributed by atoms with E-state index < -0.39 is 11.7 Å². The number of pyridine rings is 1. The summed E-state index contributed by atoms with van der Waals surface area (Å²) >= 11 is 12.9. The zero-order valence-electron chi connectivity index (χ0n) is 10.2. The molecule has 1 fully saturated rings. The molecule has 2 aromatic heterocycles. The van der Waals surface area contributed by atoms with Gasteiger partial charge in [0.1, 0.15) is 0 Å². The Morgan fingerprint density at radius 3 is 2.52 bits per heavy atom. The van der Waals surface area contributed by atoms with Crippen molar-refractivity contribution in [2.45, 2.75) is 21.7 Å². The molecule has 2 aromatic rings. The average Bonchev–Trinajstić information content (AvgIpc) is 2.82. The fraction of sp³-hybridized carbons (Fsp3) is 0.333. The Labute approximate surface area is 139 Å². The molecule has 0 aliphatic heterocycles. The number of aromatic nitrogens is 3. The van der Waals surface area contributed by atoms with Crippen LogP contribution >= 0.6 is 43.5 Å². The first-order chi connectivity index (χ1) is 9.68. The molecule has 1 saturated carbocycles. The van der Waals surface area contributed by atoms with Crippen molar-refractivity contribution < 1.29 is 13.2 Å². The predicted octanol–water partition coefficient (Wildman–Crippen LogP) is 4.91. The van der Waals surface area contributed by atoms with E-state index in [0.29, 0.717) is 0 Å². The summed E-state index contributed by atoms with van der Waals surface area (Å²) in [6.07, 6.45) is 0.566. The van der Waals surface area contributed by atoms with E-state index in [9.17, 15) is 13.2 Å². The Bertz CT molecular complexity index is 699. The number of rotatable bonds is 2. The van der Waals surface area contributed by atoms with Gasteiger partial charge < -0.3 is 0 Å². The van der Waals surface area contributed by atoms with Crippen molar-refractivity contribution in [3.8, 4) is 5.82 Å². The highest BCUT2D eigenvalue weighted by atomic mass is 79.9. The van der Waals surface area contributed by atoms with E-state index in [1.807, 2.05) is 0 Å². The van der Waals surface area contributed by atoms with Gasteiger partial charge in [-0.1, -0.05) is 43.5 Å². The summed E-state index contributed by atoms with van der Waals surface area (Å²) < 4.78 is 39.0. The Hall–Kier alpha value is -0.600. The van der Waals surface area contributed by atoms with Crippen LogP contribution in [-0.4, -0.2) is 18.0 Å². The van der Waals surface area contributed by atoms with Gasteiger partial charge in [0.25, 0.3) is 0 Å². The number of hydrogen-bond donors (Lipinski definition) is 0. The Kier molecular flexibility index (Phi) is 3.61. The molecule has 21 heavy (non-hydrogen) atoms. The van der Waals surface area contributed by atoms with Crippen molar-refractivity contribution >= 4 is 43.5 Å². The van der Waals surface area contributed by atoms with Gasteiger partial charge in [0.05, 0.1) is 20.0 Å². The molecule has 0 bridgehead atoms. The lowest BCUT2D eigenvalue weighted by Crippen LogP contribution is -2.07. The fourth-order valence-corrected chi connectivity index (χ4v) is 3.39. The summed E-state index contributed by atoms with van der Waals surface area (Å²) in [7, 11) is 0. The monoisotopic (exact) mass is 443 g/mol. The lowest BCUT2D eigenvalue weighted by atomic mass is 10.2. The van der Waals surface area contributed by atoms with Crippen molar-refractivity contribution in [2.75, 3.05) is 0 Å². The highest BCUT2D eigenvalue weighted by molar-refractivity contribution is 9.25. The molecule has 0 N–H and O–H groups in total. The third-order valence-corrected chi connectivity index (χ3v) is 5.23. The maximum absolute atomic E-state index is 12.6. The summed E-state index contributed by atoms with van der Waals surface area (Å²) in [4.78, 5) is 3.77. The van der Waals surface area contributed by atoms with Crippen molar-refractivity contribution in [1.29, 1.82) is 0 Å². The number of alkyl halides is 5. The summed E-state index contributed by atoms with van der Waals surface area (Å²) in [6, 6.07) is 0.849. The van der Waals surface area contributed by atoms with Crippen LogP contribution in [0.4, 0.5) is 13.2 Å². The van der Waals surface area contributed by atoms with Gasteiger partial charge in [0.15, 0.2) is 5.82 Å². The fourth-order valence-electron chi connectivity index (χ4n) is 1.96. The molecule has 1 atom stereocenters. The van der Waals surface area contributed by atoms with E-state index in [1.54, 1.807) is 12.4 Å². The maximum Gasteiger partial charge on any atom is 0.417 e. The van der Waals surface area contributed by atoms with E-state index in [1.165, 1.54) is 4.68 Å². The molecule has 0 radical (unpaired) electrons. The first-order valence-corrected chi connectivity index (χ1v) is 7.80. The highest BCUT2D eigenvalue weighted by Crippen LogP contribution is 2.62. The summed E-state index contributed by atoms with van der Waals surface area (Å²) in [5, 5.41) is 4.01. The number of hydrogen-bond acceptors (Lipinski definition) is 2. The van der Waals surface area contributed by atoms with Crippen LogP contribution in [0.1, 0.15) is 23.5 Å². The quantitative estimate of drug-likeness (QED) is 0.615. The second-order valence-corrected chi connectivity index (χ2v) is 9.06. The normalized spacial score (nSPS) is 20.6. The average molecular weight is 445 g/mol. The third-order valence-electron chi connectivity index (χ3n) is 3.20. The van der Waals surface area contributed by atoms with Crippen LogP contribution in [0.3, 0.4) is 0 Å². The zero-order valence-corrected chi connectivity index (χ0v) is 14.1. The topological polar surface area (TPSA) is 30.7 Å². The Morgan fingerprint density at radius 2 is 2.00 bits per heavy atom. The molecule has 0 spiro atoms. The van der Waals surface area contributed by atoms with Crippen molar-refractivity contribution in [3.63, 3.8) is 0 Å². The summed E-state index contributed by atoms with van der Waals surface area (Å²) in [5.74, 6) is 0.436. The first-order valence-electron chi connectivity index (χ1n) is 5.84. The zero-order chi connectivity index (χ0) is 15.4. The molecule has 3 nitrogen and oxygen atoms in total. The van der Waals surface area contributed by atoms with Gasteiger partial charge in [-0.05, 0) is 18.1 Å². The molecule has 1 aliphatic rings. The van der Waals surface area contributed by atoms with Gasteiger partial charge in [0, 0.05) is 18.3 Å². The van der Waals surface area contributed by atoms with Crippen LogP contribution in [0.5, 0.6) is 0 Å². The van der Waals surface area contributed by atoms with Gasteiger partial charge in [-0.2, -0.15) is 18.3 Å². The first kappa shape index (κ1) is 15.3. The second kappa shape index (κ2) is 4.96. The van der Waals surface area contributed by atoms with E-state index in [4.69, 9.17) is 11.6 Å². The van der Waals surface area contributed by atoms with Crippen molar-refractivity contribution in [1.82, 2.24) is 14.8 Å². The molecule has 1 aliphatic carbocycles. The van der Waals surface area contributed by atoms with Gasteiger partial charge in [0.2, 0.25) is 0 Å². The molecule has 1 unspecified atom stereocenters. The van der Waals surface area contributed by atoms with Crippen LogP contribution in [0.25, 0.3) is 5.82 Å². The van der Waals surface area contributed by atoms with E-state index in [0.717, 1.165) is 24.2 Å². The molecule has 0 saturated heterocycles. The van der Waals surface area contributed by atoms with Gasteiger partial charge in [-0.25, -0.2) is 9.67 Å². The Balaban J connectivity index is 1.91. The molecule has 0 aromatic carbocycles. The van der Waals surface area contributed by atoms with Gasteiger partial charge >= 0.3 is 6.18 Å².